The monoisotopic (exact) mass is 581 g/mol. The summed E-state index contributed by atoms with van der Waals surface area (Å²) >= 11 is 0. The predicted octanol–water partition coefficient (Wildman–Crippen LogP) is -2.05. The van der Waals surface area contributed by atoms with E-state index in [0.29, 0.717) is 77.7 Å². The smallest absolute Gasteiger partial charge is 0.351 e. The van der Waals surface area contributed by atoms with Gasteiger partial charge in [-0.1, -0.05) is 0 Å². The minimum absolute atomic E-state index is 0.0296. The Balaban J connectivity index is 1.57. The van der Waals surface area contributed by atoms with E-state index >= 15 is 0 Å². The second-order valence-corrected chi connectivity index (χ2v) is 9.19. The molecule has 2 rings (SSSR count). The summed E-state index contributed by atoms with van der Waals surface area (Å²) in [5.74, 6) is -0.143. The molecule has 7 N–H and O–H groups in total. The molecule has 1 saturated heterocycles. The molecule has 4 atom stereocenters. The standard InChI is InChI=1S/C22H40N5O11P/c23-4-7-34-9-11-36-13-12-35-10-8-33-6-3-18(28)25-5-1-2-16-14-27(22(30)26-20(16)24)21-19(29)17(15-37-21)38-39(31)32/h14,17,19,21,29,39H,1-13,15,23H2,(H,25,28)(H,31,32)(H2,24,26,30)/t17-,19?,21+/m0/s1. The van der Waals surface area contributed by atoms with Gasteiger partial charge in [0.25, 0.3) is 0 Å². The molecule has 1 aliphatic heterocycles. The first-order chi connectivity index (χ1) is 18.8. The van der Waals surface area contributed by atoms with Crippen LogP contribution in [0.1, 0.15) is 24.6 Å². The number of aliphatic hydroxyl groups excluding tert-OH is 1. The lowest BCUT2D eigenvalue weighted by Gasteiger charge is -2.19. The molecule has 0 saturated carbocycles. The van der Waals surface area contributed by atoms with Gasteiger partial charge in [-0.05, 0) is 12.8 Å². The predicted molar refractivity (Wildman–Crippen MR) is 138 cm³/mol. The maximum absolute atomic E-state index is 12.3. The van der Waals surface area contributed by atoms with Crippen LogP contribution in [-0.2, 0) is 44.0 Å². The van der Waals surface area contributed by atoms with E-state index < -0.39 is 32.4 Å². The SMILES string of the molecule is NCCOCCOCCOCCOCCC(=O)NCCCc1cn([C@@H]2OC[C@H](O[PH](=O)O)C2O)c(=O)nc1N. The molecular weight excluding hydrogens is 541 g/mol. The van der Waals surface area contributed by atoms with Crippen molar-refractivity contribution in [2.24, 2.45) is 5.73 Å². The first-order valence-corrected chi connectivity index (χ1v) is 13.9. The van der Waals surface area contributed by atoms with Gasteiger partial charge >= 0.3 is 13.9 Å². The minimum atomic E-state index is -3.29. The molecule has 0 spiro atoms. The van der Waals surface area contributed by atoms with Crippen LogP contribution in [0.25, 0.3) is 0 Å². The number of aliphatic hydroxyl groups is 1. The number of ether oxygens (including phenoxy) is 5. The molecule has 17 heteroatoms. The third-order valence-electron chi connectivity index (χ3n) is 5.49. The normalized spacial score (nSPS) is 19.8. The number of hydrogen-bond acceptors (Lipinski definition) is 13. The van der Waals surface area contributed by atoms with E-state index in [9.17, 15) is 19.3 Å². The Morgan fingerprint density at radius 2 is 1.74 bits per heavy atom. The van der Waals surface area contributed by atoms with Crippen LogP contribution in [0.2, 0.25) is 0 Å². The summed E-state index contributed by atoms with van der Waals surface area (Å²) in [5, 5.41) is 13.1. The topological polar surface area (TPSA) is 229 Å². The van der Waals surface area contributed by atoms with Crippen LogP contribution in [0.4, 0.5) is 5.82 Å². The van der Waals surface area contributed by atoms with Crippen molar-refractivity contribution in [1.29, 1.82) is 0 Å². The molecule has 1 aromatic rings. The van der Waals surface area contributed by atoms with E-state index in [1.165, 1.54) is 6.20 Å². The van der Waals surface area contributed by atoms with Gasteiger partial charge in [-0.3, -0.25) is 13.9 Å². The average molecular weight is 582 g/mol. The van der Waals surface area contributed by atoms with Crippen molar-refractivity contribution in [3.8, 4) is 0 Å². The fraction of sp³-hybridized carbons (Fsp3) is 0.773. The van der Waals surface area contributed by atoms with Crippen LogP contribution in [0.15, 0.2) is 11.0 Å². The van der Waals surface area contributed by atoms with Crippen LogP contribution in [-0.4, -0.2) is 110 Å². The number of carbonyl (C=O) groups is 1. The zero-order valence-corrected chi connectivity index (χ0v) is 22.8. The Labute approximate surface area is 226 Å². The second-order valence-electron chi connectivity index (χ2n) is 8.42. The van der Waals surface area contributed by atoms with Gasteiger partial charge in [0.1, 0.15) is 18.0 Å². The molecule has 0 bridgehead atoms. The summed E-state index contributed by atoms with van der Waals surface area (Å²) in [6.45, 7) is 4.08. The molecule has 0 aliphatic carbocycles. The first kappa shape index (κ1) is 33.2. The van der Waals surface area contributed by atoms with E-state index in [2.05, 4.69) is 10.3 Å². The highest BCUT2D eigenvalue weighted by molar-refractivity contribution is 7.32. The zero-order chi connectivity index (χ0) is 28.5. The quantitative estimate of drug-likeness (QED) is 0.0777. The highest BCUT2D eigenvalue weighted by atomic mass is 31.1. The summed E-state index contributed by atoms with van der Waals surface area (Å²) < 4.78 is 43.4. The number of nitrogens with zero attached hydrogens (tertiary/aromatic N) is 2. The Bertz CT molecular complexity index is 938. The molecule has 2 heterocycles. The zero-order valence-electron chi connectivity index (χ0n) is 21.8. The van der Waals surface area contributed by atoms with Gasteiger partial charge in [-0.25, -0.2) is 4.79 Å². The number of anilines is 1. The van der Waals surface area contributed by atoms with E-state index in [-0.39, 0.29) is 31.4 Å². The van der Waals surface area contributed by atoms with Gasteiger partial charge in [-0.15, -0.1) is 0 Å². The van der Waals surface area contributed by atoms with E-state index in [4.69, 9.17) is 44.6 Å². The first-order valence-electron chi connectivity index (χ1n) is 12.7. The Morgan fingerprint density at radius 3 is 2.36 bits per heavy atom. The van der Waals surface area contributed by atoms with Gasteiger partial charge in [0, 0.05) is 31.3 Å². The lowest BCUT2D eigenvalue weighted by atomic mass is 10.1. The van der Waals surface area contributed by atoms with Crippen LogP contribution in [0.5, 0.6) is 0 Å². The highest BCUT2D eigenvalue weighted by Gasteiger charge is 2.39. The summed E-state index contributed by atoms with van der Waals surface area (Å²) in [7, 11) is -3.29. The Morgan fingerprint density at radius 1 is 1.13 bits per heavy atom. The van der Waals surface area contributed by atoms with Crippen molar-refractivity contribution in [3.63, 3.8) is 0 Å². The molecule has 0 aromatic carbocycles. The number of aromatic nitrogens is 2. The molecule has 0 radical (unpaired) electrons. The van der Waals surface area contributed by atoms with Gasteiger partial charge in [0.2, 0.25) is 5.91 Å². The van der Waals surface area contributed by atoms with Crippen LogP contribution in [0, 0.1) is 0 Å². The molecule has 39 heavy (non-hydrogen) atoms. The number of nitrogens with one attached hydrogen (secondary N) is 1. The highest BCUT2D eigenvalue weighted by Crippen LogP contribution is 2.31. The van der Waals surface area contributed by atoms with Gasteiger partial charge in [-0.2, -0.15) is 4.98 Å². The summed E-state index contributed by atoms with van der Waals surface area (Å²) in [5.41, 5.74) is 11.0. The Hall–Kier alpha value is -1.98. The number of aryl methyl sites for hydroxylation is 1. The van der Waals surface area contributed by atoms with Crippen molar-refractivity contribution in [1.82, 2.24) is 14.9 Å². The summed E-state index contributed by atoms with van der Waals surface area (Å²) in [6.07, 6.45) is -1.01. The van der Waals surface area contributed by atoms with E-state index in [1.807, 2.05) is 0 Å². The fourth-order valence-corrected chi connectivity index (χ4v) is 4.02. The van der Waals surface area contributed by atoms with Crippen LogP contribution < -0.4 is 22.5 Å². The maximum atomic E-state index is 12.3. The van der Waals surface area contributed by atoms with Crippen LogP contribution in [0.3, 0.4) is 0 Å². The molecule has 2 unspecified atom stereocenters. The van der Waals surface area contributed by atoms with Crippen molar-refractivity contribution < 1.29 is 47.6 Å². The van der Waals surface area contributed by atoms with E-state index in [0.717, 1.165) is 4.57 Å². The number of nitrogens with two attached hydrogens (primary N) is 2. The average Bonchev–Trinajstić information content (AvgIpc) is 3.24. The largest absolute Gasteiger partial charge is 0.386 e. The van der Waals surface area contributed by atoms with Crippen molar-refractivity contribution >= 4 is 20.0 Å². The van der Waals surface area contributed by atoms with Gasteiger partial charge in [0.05, 0.1) is 59.5 Å². The molecular formula is C22H40N5O11P. The second kappa shape index (κ2) is 19.2. The molecule has 16 nitrogen and oxygen atoms in total. The van der Waals surface area contributed by atoms with E-state index in [1.54, 1.807) is 0 Å². The Kier molecular flexibility index (Phi) is 16.3. The maximum Gasteiger partial charge on any atom is 0.351 e. The number of carbonyl (C=O) groups excluding carboxylic acids is 1. The molecule has 1 amide bonds. The fourth-order valence-electron chi connectivity index (χ4n) is 3.55. The van der Waals surface area contributed by atoms with Crippen molar-refractivity contribution in [3.05, 3.63) is 22.2 Å². The number of amides is 1. The van der Waals surface area contributed by atoms with Gasteiger partial charge < -0.3 is 55.0 Å². The third kappa shape index (κ3) is 12.8. The lowest BCUT2D eigenvalue weighted by molar-refractivity contribution is -0.122. The minimum Gasteiger partial charge on any atom is -0.386 e. The summed E-state index contributed by atoms with van der Waals surface area (Å²) in [6, 6.07) is 0. The number of rotatable bonds is 21. The van der Waals surface area contributed by atoms with Crippen molar-refractivity contribution in [2.45, 2.75) is 37.7 Å². The number of hydrogen-bond donors (Lipinski definition) is 5. The molecule has 1 aliphatic rings. The van der Waals surface area contributed by atoms with Crippen molar-refractivity contribution in [2.75, 3.05) is 78.3 Å². The molecule has 1 aromatic heterocycles. The lowest BCUT2D eigenvalue weighted by Crippen LogP contribution is -2.36. The third-order valence-corrected chi connectivity index (χ3v) is 5.99. The molecule has 224 valence electrons. The summed E-state index contributed by atoms with van der Waals surface area (Å²) in [4.78, 5) is 37.0. The van der Waals surface area contributed by atoms with Crippen LogP contribution >= 0.6 is 8.25 Å². The molecule has 1 fully saturated rings. The number of nitrogen functional groups attached to an aromatic ring is 1. The van der Waals surface area contributed by atoms with Gasteiger partial charge in [0.15, 0.2) is 6.23 Å².